The van der Waals surface area contributed by atoms with Crippen LogP contribution in [0.3, 0.4) is 0 Å². The lowest BCUT2D eigenvalue weighted by molar-refractivity contribution is -0.133. The van der Waals surface area contributed by atoms with E-state index in [0.717, 1.165) is 49.7 Å². The van der Waals surface area contributed by atoms with E-state index >= 15 is 0 Å². The van der Waals surface area contributed by atoms with Gasteiger partial charge in [0.15, 0.2) is 5.82 Å². The summed E-state index contributed by atoms with van der Waals surface area (Å²) in [6.45, 7) is 11.5. The molecule has 1 saturated carbocycles. The maximum atomic E-state index is 14.5. The molecule has 1 aromatic heterocycles. The van der Waals surface area contributed by atoms with Crippen LogP contribution in [-0.4, -0.2) is 48.7 Å². The van der Waals surface area contributed by atoms with Crippen molar-refractivity contribution in [2.45, 2.75) is 91.4 Å². The summed E-state index contributed by atoms with van der Waals surface area (Å²) in [5.74, 6) is 1.17. The molecule has 1 unspecified atom stereocenters. The Morgan fingerprint density at radius 1 is 1.12 bits per heavy atom. The van der Waals surface area contributed by atoms with Gasteiger partial charge in [-0.05, 0) is 85.6 Å². The number of carbonyl (C=O) groups is 2. The van der Waals surface area contributed by atoms with Crippen LogP contribution in [0, 0.1) is 17.3 Å². The van der Waals surface area contributed by atoms with Crippen LogP contribution in [0.2, 0.25) is 5.02 Å². The SMILES string of the molecule is CC(C)CCC(c1ccc(C(=O)NCc2nn[nH]n2)cc1)N1C(=O)C(c2cccc(Cl)c2)=NC12CCC(C(C)(C)C)CC2. The largest absolute Gasteiger partial charge is 0.345 e. The summed E-state index contributed by atoms with van der Waals surface area (Å²) in [7, 11) is 0. The molecule has 1 fully saturated rings. The van der Waals surface area contributed by atoms with Crippen molar-refractivity contribution in [3.05, 3.63) is 76.1 Å². The molecule has 1 aliphatic heterocycles. The fourth-order valence-corrected chi connectivity index (χ4v) is 6.67. The first-order valence-corrected chi connectivity index (χ1v) is 15.6. The van der Waals surface area contributed by atoms with Gasteiger partial charge in [-0.25, -0.2) is 0 Å². The van der Waals surface area contributed by atoms with Gasteiger partial charge >= 0.3 is 0 Å². The number of aromatic amines is 1. The molecule has 1 atom stereocenters. The Labute approximate surface area is 258 Å². The van der Waals surface area contributed by atoms with Gasteiger partial charge in [-0.3, -0.25) is 14.6 Å². The van der Waals surface area contributed by atoms with Gasteiger partial charge in [-0.15, -0.1) is 10.2 Å². The number of tetrazole rings is 1. The van der Waals surface area contributed by atoms with Crippen molar-refractivity contribution in [3.63, 3.8) is 0 Å². The average Bonchev–Trinajstić information content (AvgIpc) is 3.59. The molecule has 9 nitrogen and oxygen atoms in total. The van der Waals surface area contributed by atoms with Crippen LogP contribution in [-0.2, 0) is 11.3 Å². The molecule has 2 aliphatic rings. The van der Waals surface area contributed by atoms with Crippen molar-refractivity contribution in [2.24, 2.45) is 22.2 Å². The number of rotatable bonds is 9. The highest BCUT2D eigenvalue weighted by molar-refractivity contribution is 6.47. The number of benzene rings is 2. The van der Waals surface area contributed by atoms with E-state index in [0.29, 0.717) is 34.0 Å². The molecule has 43 heavy (non-hydrogen) atoms. The van der Waals surface area contributed by atoms with E-state index < -0.39 is 5.66 Å². The number of carbonyl (C=O) groups excluding carboxylic acids is 2. The third-order valence-electron chi connectivity index (χ3n) is 8.98. The van der Waals surface area contributed by atoms with Crippen LogP contribution in [0.1, 0.15) is 106 Å². The number of hydrogen-bond acceptors (Lipinski definition) is 6. The molecule has 0 bridgehead atoms. The second-order valence-corrected chi connectivity index (χ2v) is 13.8. The lowest BCUT2D eigenvalue weighted by Gasteiger charge is -2.47. The summed E-state index contributed by atoms with van der Waals surface area (Å²) < 4.78 is 0. The van der Waals surface area contributed by atoms with Gasteiger partial charge in [0.1, 0.15) is 11.4 Å². The molecule has 228 valence electrons. The molecule has 3 aromatic rings. The van der Waals surface area contributed by atoms with Gasteiger partial charge in [0.2, 0.25) is 0 Å². The number of nitrogens with zero attached hydrogens (tertiary/aromatic N) is 5. The van der Waals surface area contributed by atoms with E-state index in [9.17, 15) is 9.59 Å². The normalized spacial score (nSPS) is 21.4. The van der Waals surface area contributed by atoms with E-state index in [1.165, 1.54) is 0 Å². The Bertz CT molecular complexity index is 1450. The summed E-state index contributed by atoms with van der Waals surface area (Å²) in [4.78, 5) is 34.7. The first kappa shape index (κ1) is 30.9. The quantitative estimate of drug-likeness (QED) is 0.289. The van der Waals surface area contributed by atoms with Crippen molar-refractivity contribution in [3.8, 4) is 0 Å². The van der Waals surface area contributed by atoms with Crippen LogP contribution >= 0.6 is 11.6 Å². The molecule has 2 aromatic carbocycles. The maximum absolute atomic E-state index is 14.5. The van der Waals surface area contributed by atoms with E-state index in [2.05, 4.69) is 65.5 Å². The maximum Gasteiger partial charge on any atom is 0.275 e. The first-order chi connectivity index (χ1) is 20.5. The zero-order chi connectivity index (χ0) is 30.8. The number of nitrogens with one attached hydrogen (secondary N) is 2. The Morgan fingerprint density at radius 2 is 1.84 bits per heavy atom. The fraction of sp³-hybridized carbons (Fsp3) is 0.515. The lowest BCUT2D eigenvalue weighted by atomic mass is 9.69. The number of halogens is 1. The summed E-state index contributed by atoms with van der Waals surface area (Å²) in [6, 6.07) is 14.9. The second-order valence-electron chi connectivity index (χ2n) is 13.4. The van der Waals surface area contributed by atoms with E-state index in [1.807, 2.05) is 48.5 Å². The van der Waals surface area contributed by atoms with Crippen LogP contribution in [0.5, 0.6) is 0 Å². The molecule has 0 radical (unpaired) electrons. The van der Waals surface area contributed by atoms with Crippen molar-refractivity contribution >= 4 is 29.1 Å². The second kappa shape index (κ2) is 12.6. The molecular formula is C33H42ClN7O2. The van der Waals surface area contributed by atoms with E-state index in [-0.39, 0.29) is 29.8 Å². The van der Waals surface area contributed by atoms with Crippen LogP contribution in [0.15, 0.2) is 53.5 Å². The first-order valence-electron chi connectivity index (χ1n) is 15.3. The van der Waals surface area contributed by atoms with Gasteiger partial charge in [-0.1, -0.05) is 75.7 Å². The van der Waals surface area contributed by atoms with Crippen molar-refractivity contribution in [1.82, 2.24) is 30.8 Å². The topological polar surface area (TPSA) is 116 Å². The Kier molecular flexibility index (Phi) is 9.02. The van der Waals surface area contributed by atoms with Crippen LogP contribution < -0.4 is 5.32 Å². The average molecular weight is 604 g/mol. The number of aliphatic imine (C=N–C) groups is 1. The standard InChI is InChI=1S/C33H42ClN7O2/c1-21(2)9-14-27(22-10-12-23(13-11-22)30(42)35-20-28-37-39-40-38-28)41-31(43)29(24-7-6-8-26(34)19-24)36-33(41)17-15-25(16-18-33)32(3,4)5/h6-8,10-13,19,21,25,27H,9,14-18,20H2,1-5H3,(H,35,42)(H,37,38,39,40). The fourth-order valence-electron chi connectivity index (χ4n) is 6.48. The highest BCUT2D eigenvalue weighted by atomic mass is 35.5. The third-order valence-corrected chi connectivity index (χ3v) is 9.22. The summed E-state index contributed by atoms with van der Waals surface area (Å²) in [6.07, 6.45) is 5.41. The zero-order valence-electron chi connectivity index (χ0n) is 25.7. The molecule has 1 spiro atoms. The van der Waals surface area contributed by atoms with Crippen LogP contribution in [0.25, 0.3) is 0 Å². The van der Waals surface area contributed by atoms with Crippen molar-refractivity contribution in [1.29, 1.82) is 0 Å². The van der Waals surface area contributed by atoms with Gasteiger partial charge in [0, 0.05) is 16.1 Å². The molecule has 2 N–H and O–H groups in total. The monoisotopic (exact) mass is 603 g/mol. The molecule has 0 saturated heterocycles. The smallest absolute Gasteiger partial charge is 0.275 e. The van der Waals surface area contributed by atoms with Gasteiger partial charge in [0.25, 0.3) is 11.8 Å². The molecule has 2 heterocycles. The molecule has 5 rings (SSSR count). The Balaban J connectivity index is 1.48. The van der Waals surface area contributed by atoms with Gasteiger partial charge in [-0.2, -0.15) is 5.21 Å². The van der Waals surface area contributed by atoms with Crippen molar-refractivity contribution < 1.29 is 9.59 Å². The predicted octanol–water partition coefficient (Wildman–Crippen LogP) is 6.52. The zero-order valence-corrected chi connectivity index (χ0v) is 26.5. The molecule has 10 heteroatoms. The summed E-state index contributed by atoms with van der Waals surface area (Å²) >= 11 is 6.36. The highest BCUT2D eigenvalue weighted by Gasteiger charge is 2.52. The number of H-pyrrole nitrogens is 1. The lowest BCUT2D eigenvalue weighted by Crippen LogP contribution is -2.51. The summed E-state index contributed by atoms with van der Waals surface area (Å²) in [5, 5.41) is 17.1. The summed E-state index contributed by atoms with van der Waals surface area (Å²) in [5.41, 5.74) is 2.37. The number of amides is 2. The predicted molar refractivity (Wildman–Crippen MR) is 168 cm³/mol. The Hall–Kier alpha value is -3.59. The van der Waals surface area contributed by atoms with Gasteiger partial charge < -0.3 is 10.2 Å². The third kappa shape index (κ3) is 6.82. The minimum absolute atomic E-state index is 0.0489. The minimum Gasteiger partial charge on any atom is -0.345 e. The molecular weight excluding hydrogens is 562 g/mol. The molecule has 1 aliphatic carbocycles. The van der Waals surface area contributed by atoms with Gasteiger partial charge in [0.05, 0.1) is 12.6 Å². The van der Waals surface area contributed by atoms with Crippen LogP contribution in [0.4, 0.5) is 0 Å². The number of aromatic nitrogens is 4. The highest BCUT2D eigenvalue weighted by Crippen LogP contribution is 2.50. The van der Waals surface area contributed by atoms with E-state index in [4.69, 9.17) is 16.6 Å². The number of hydrogen-bond donors (Lipinski definition) is 2. The van der Waals surface area contributed by atoms with Crippen molar-refractivity contribution in [2.75, 3.05) is 0 Å². The Morgan fingerprint density at radius 3 is 2.44 bits per heavy atom. The molecule has 2 amide bonds. The minimum atomic E-state index is -0.612. The van der Waals surface area contributed by atoms with E-state index in [1.54, 1.807) is 0 Å².